The van der Waals surface area contributed by atoms with E-state index in [0.717, 1.165) is 24.0 Å². The summed E-state index contributed by atoms with van der Waals surface area (Å²) in [5.74, 6) is 0.248. The van der Waals surface area contributed by atoms with E-state index in [9.17, 15) is 4.79 Å². The highest BCUT2D eigenvalue weighted by molar-refractivity contribution is 9.10. The van der Waals surface area contributed by atoms with E-state index < -0.39 is 0 Å². The first kappa shape index (κ1) is 12.1. The van der Waals surface area contributed by atoms with Crippen molar-refractivity contribution in [2.45, 2.75) is 19.0 Å². The molecule has 1 aromatic rings. The molecule has 1 aromatic heterocycles. The summed E-state index contributed by atoms with van der Waals surface area (Å²) in [6, 6.07) is 2.18. The van der Waals surface area contributed by atoms with E-state index in [1.54, 1.807) is 11.3 Å². The quantitative estimate of drug-likeness (QED) is 0.854. The highest BCUT2D eigenvalue weighted by atomic mass is 79.9. The average Bonchev–Trinajstić information content (AvgIpc) is 2.76. The van der Waals surface area contributed by atoms with Crippen LogP contribution in [0.2, 0.25) is 0 Å². The van der Waals surface area contributed by atoms with Gasteiger partial charge in [0.15, 0.2) is 0 Å². The molecule has 3 nitrogen and oxygen atoms in total. The molecular weight excluding hydrogens is 288 g/mol. The lowest BCUT2D eigenvalue weighted by atomic mass is 10.2. The first-order valence-electron chi connectivity index (χ1n) is 5.26. The van der Waals surface area contributed by atoms with Crippen molar-refractivity contribution in [3.63, 3.8) is 0 Å². The van der Waals surface area contributed by atoms with Crippen LogP contribution < -0.4 is 0 Å². The van der Waals surface area contributed by atoms with Gasteiger partial charge in [-0.25, -0.2) is 0 Å². The maximum atomic E-state index is 11.8. The zero-order chi connectivity index (χ0) is 11.7. The molecule has 0 N–H and O–H groups in total. The summed E-state index contributed by atoms with van der Waals surface area (Å²) in [5, 5.41) is 2.08. The van der Waals surface area contributed by atoms with Crippen molar-refractivity contribution in [3.05, 3.63) is 20.8 Å². The van der Waals surface area contributed by atoms with E-state index in [1.165, 1.54) is 4.88 Å². The Labute approximate surface area is 108 Å². The van der Waals surface area contributed by atoms with Crippen molar-refractivity contribution >= 4 is 33.2 Å². The topological polar surface area (TPSA) is 23.6 Å². The van der Waals surface area contributed by atoms with Crippen LogP contribution in [0.15, 0.2) is 15.9 Å². The number of likely N-dealkylation sites (N-methyl/N-ethyl adjacent to an activating group) is 2. The third-order valence-electron chi connectivity index (χ3n) is 2.96. The Balaban J connectivity index is 1.98. The number of hydrogen-bond donors (Lipinski definition) is 0. The second kappa shape index (κ2) is 4.85. The molecule has 16 heavy (non-hydrogen) atoms. The lowest BCUT2D eigenvalue weighted by Gasteiger charge is -2.21. The summed E-state index contributed by atoms with van der Waals surface area (Å²) < 4.78 is 1.12. The zero-order valence-corrected chi connectivity index (χ0v) is 11.8. The molecule has 5 heteroatoms. The lowest BCUT2D eigenvalue weighted by Crippen LogP contribution is -2.37. The van der Waals surface area contributed by atoms with Crippen LogP contribution in [0.3, 0.4) is 0 Å². The van der Waals surface area contributed by atoms with Crippen molar-refractivity contribution in [3.8, 4) is 0 Å². The van der Waals surface area contributed by atoms with Gasteiger partial charge in [-0.15, -0.1) is 11.3 Å². The fourth-order valence-electron chi connectivity index (χ4n) is 2.01. The first-order valence-corrected chi connectivity index (χ1v) is 6.93. The third-order valence-corrected chi connectivity index (χ3v) is 4.64. The van der Waals surface area contributed by atoms with Crippen LogP contribution in [-0.4, -0.2) is 42.4 Å². The fourth-order valence-corrected chi connectivity index (χ4v) is 3.52. The van der Waals surface area contributed by atoms with Crippen molar-refractivity contribution in [1.29, 1.82) is 0 Å². The number of nitrogens with zero attached hydrogens (tertiary/aromatic N) is 2. The molecule has 1 atom stereocenters. The molecule has 1 fully saturated rings. The Bertz CT molecular complexity index is 393. The number of likely N-dealkylation sites (tertiary alicyclic amines) is 1. The van der Waals surface area contributed by atoms with E-state index in [2.05, 4.69) is 32.3 Å². The molecule has 1 aliphatic rings. The highest BCUT2D eigenvalue weighted by Crippen LogP contribution is 2.23. The summed E-state index contributed by atoms with van der Waals surface area (Å²) in [6.07, 6.45) is 0.943. The molecule has 88 valence electrons. The smallest absolute Gasteiger partial charge is 0.239 e. The average molecular weight is 303 g/mol. The molecule has 2 heterocycles. The Morgan fingerprint density at radius 3 is 2.94 bits per heavy atom. The van der Waals surface area contributed by atoms with E-state index in [1.807, 2.05) is 19.0 Å². The summed E-state index contributed by atoms with van der Waals surface area (Å²) in [6.45, 7) is 1.72. The zero-order valence-electron chi connectivity index (χ0n) is 9.44. The standard InChI is InChI=1S/C11H15BrN2OS/c1-13-4-3-10(11(13)15)14(2)6-9-5-8(12)7-16-9/h5,7,10H,3-4,6H2,1-2H3/t10-/m1/s1. The van der Waals surface area contributed by atoms with Crippen LogP contribution in [0.25, 0.3) is 0 Å². The van der Waals surface area contributed by atoms with Gasteiger partial charge in [0.1, 0.15) is 0 Å². The predicted molar refractivity (Wildman–Crippen MR) is 69.5 cm³/mol. The first-order chi connectivity index (χ1) is 7.58. The van der Waals surface area contributed by atoms with Crippen LogP contribution in [0.5, 0.6) is 0 Å². The number of carbonyl (C=O) groups is 1. The number of rotatable bonds is 3. The molecule has 0 aliphatic carbocycles. The minimum atomic E-state index is 0.0610. The second-order valence-corrected chi connectivity index (χ2v) is 6.12. The minimum Gasteiger partial charge on any atom is -0.344 e. The van der Waals surface area contributed by atoms with Gasteiger partial charge in [0, 0.05) is 34.9 Å². The molecule has 0 bridgehead atoms. The van der Waals surface area contributed by atoms with Gasteiger partial charge in [-0.1, -0.05) is 0 Å². The van der Waals surface area contributed by atoms with Crippen molar-refractivity contribution in [2.24, 2.45) is 0 Å². The molecule has 0 spiro atoms. The van der Waals surface area contributed by atoms with Gasteiger partial charge in [0.05, 0.1) is 6.04 Å². The van der Waals surface area contributed by atoms with E-state index >= 15 is 0 Å². The van der Waals surface area contributed by atoms with Crippen molar-refractivity contribution < 1.29 is 4.79 Å². The van der Waals surface area contributed by atoms with Crippen molar-refractivity contribution in [2.75, 3.05) is 20.6 Å². The summed E-state index contributed by atoms with van der Waals surface area (Å²) in [7, 11) is 3.90. The van der Waals surface area contributed by atoms with Gasteiger partial charge < -0.3 is 4.90 Å². The monoisotopic (exact) mass is 302 g/mol. The van der Waals surface area contributed by atoms with Crippen LogP contribution in [0.1, 0.15) is 11.3 Å². The van der Waals surface area contributed by atoms with Crippen LogP contribution >= 0.6 is 27.3 Å². The molecule has 1 amide bonds. The highest BCUT2D eigenvalue weighted by Gasteiger charge is 2.32. The van der Waals surface area contributed by atoms with E-state index in [-0.39, 0.29) is 11.9 Å². The molecular formula is C11H15BrN2OS. The third kappa shape index (κ3) is 2.47. The Kier molecular flexibility index (Phi) is 3.66. The van der Waals surface area contributed by atoms with Crippen LogP contribution in [0, 0.1) is 0 Å². The molecule has 2 rings (SSSR count). The summed E-state index contributed by atoms with van der Waals surface area (Å²) in [4.78, 5) is 17.1. The second-order valence-electron chi connectivity index (χ2n) is 4.21. The van der Waals surface area contributed by atoms with E-state index in [4.69, 9.17) is 0 Å². The molecule has 0 unspecified atom stereocenters. The number of amides is 1. The fraction of sp³-hybridized carbons (Fsp3) is 0.545. The predicted octanol–water partition coefficient (Wildman–Crippen LogP) is 2.17. The molecule has 1 saturated heterocycles. The molecule has 0 radical (unpaired) electrons. The van der Waals surface area contributed by atoms with Gasteiger partial charge >= 0.3 is 0 Å². The van der Waals surface area contributed by atoms with Gasteiger partial charge in [-0.3, -0.25) is 9.69 Å². The number of halogens is 1. The number of hydrogen-bond acceptors (Lipinski definition) is 3. The van der Waals surface area contributed by atoms with Gasteiger partial charge in [0.2, 0.25) is 5.91 Å². The van der Waals surface area contributed by atoms with Gasteiger partial charge in [-0.2, -0.15) is 0 Å². The SMILES string of the molecule is CN1CC[C@@H](N(C)Cc2cc(Br)cs2)C1=O. The maximum Gasteiger partial charge on any atom is 0.239 e. The maximum absolute atomic E-state index is 11.8. The normalized spacial score (nSPS) is 21.1. The largest absolute Gasteiger partial charge is 0.344 e. The van der Waals surface area contributed by atoms with Gasteiger partial charge in [-0.05, 0) is 35.5 Å². The Morgan fingerprint density at radius 1 is 1.69 bits per heavy atom. The minimum absolute atomic E-state index is 0.0610. The van der Waals surface area contributed by atoms with Crippen LogP contribution in [0.4, 0.5) is 0 Å². The van der Waals surface area contributed by atoms with Crippen LogP contribution in [-0.2, 0) is 11.3 Å². The molecule has 1 aliphatic heterocycles. The summed E-state index contributed by atoms with van der Waals surface area (Å²) >= 11 is 5.17. The Morgan fingerprint density at radius 2 is 2.44 bits per heavy atom. The number of thiophene rings is 1. The molecule has 0 aromatic carbocycles. The van der Waals surface area contributed by atoms with E-state index in [0.29, 0.717) is 0 Å². The van der Waals surface area contributed by atoms with Crippen molar-refractivity contribution in [1.82, 2.24) is 9.80 Å². The summed E-state index contributed by atoms with van der Waals surface area (Å²) in [5.41, 5.74) is 0. The molecule has 0 saturated carbocycles. The van der Waals surface area contributed by atoms with Gasteiger partial charge in [0.25, 0.3) is 0 Å². The Hall–Kier alpha value is -0.390. The lowest BCUT2D eigenvalue weighted by molar-refractivity contribution is -0.130. The number of carbonyl (C=O) groups excluding carboxylic acids is 1.